The van der Waals surface area contributed by atoms with Crippen LogP contribution in [0.4, 0.5) is 0 Å². The summed E-state index contributed by atoms with van der Waals surface area (Å²) in [5.41, 5.74) is 0.610. The molecule has 0 aliphatic rings. The zero-order chi connectivity index (χ0) is 7.40. The van der Waals surface area contributed by atoms with Crippen molar-refractivity contribution in [2.24, 2.45) is 0 Å². The Morgan fingerprint density at radius 3 is 2.40 bits per heavy atom. The summed E-state index contributed by atoms with van der Waals surface area (Å²) in [5.74, 6) is -0.251. The van der Waals surface area contributed by atoms with E-state index in [1.165, 1.54) is 0 Å². The van der Waals surface area contributed by atoms with Crippen LogP contribution in [0, 0.1) is 0 Å². The zero-order valence-electron chi connectivity index (χ0n) is 5.20. The van der Waals surface area contributed by atoms with Crippen molar-refractivity contribution in [2.75, 3.05) is 0 Å². The van der Waals surface area contributed by atoms with Gasteiger partial charge in [-0.05, 0) is 0 Å². The quantitative estimate of drug-likeness (QED) is 0.682. The van der Waals surface area contributed by atoms with Crippen LogP contribution in [0.1, 0.15) is 10.4 Å². The van der Waals surface area contributed by atoms with Crippen molar-refractivity contribution in [1.29, 1.82) is 0 Å². The average Bonchev–Trinajstić information content (AvgIpc) is 2.05. The molecular formula is C7H5O2Sn. The van der Waals surface area contributed by atoms with Crippen molar-refractivity contribution in [3.05, 3.63) is 35.9 Å². The van der Waals surface area contributed by atoms with Gasteiger partial charge in [-0.2, -0.15) is 0 Å². The first-order valence-electron chi connectivity index (χ1n) is 2.77. The number of benzene rings is 1. The van der Waals surface area contributed by atoms with Crippen LogP contribution in [-0.4, -0.2) is 28.9 Å². The summed E-state index contributed by atoms with van der Waals surface area (Å²) in [6.45, 7) is 0. The van der Waals surface area contributed by atoms with Gasteiger partial charge < -0.3 is 0 Å². The van der Waals surface area contributed by atoms with Gasteiger partial charge in [0.2, 0.25) is 0 Å². The summed E-state index contributed by atoms with van der Waals surface area (Å²) in [7, 11) is 0. The summed E-state index contributed by atoms with van der Waals surface area (Å²) in [6, 6.07) is 8.93. The molecule has 10 heavy (non-hydrogen) atoms. The fraction of sp³-hybridized carbons (Fsp3) is 0. The molecule has 0 fully saturated rings. The SMILES string of the molecule is O=C([O][Sn])c1ccccc1. The van der Waals surface area contributed by atoms with Gasteiger partial charge >= 0.3 is 72.7 Å². The Hall–Kier alpha value is -0.511. The third-order valence-electron chi connectivity index (χ3n) is 1.10. The van der Waals surface area contributed by atoms with Gasteiger partial charge in [0.1, 0.15) is 0 Å². The van der Waals surface area contributed by atoms with E-state index in [4.69, 9.17) is 0 Å². The molecule has 0 atom stereocenters. The molecule has 1 aromatic rings. The van der Waals surface area contributed by atoms with Gasteiger partial charge in [0.15, 0.2) is 0 Å². The molecule has 3 heteroatoms. The van der Waals surface area contributed by atoms with Crippen molar-refractivity contribution in [3.8, 4) is 0 Å². The fourth-order valence-electron chi connectivity index (χ4n) is 0.633. The first-order chi connectivity index (χ1) is 4.84. The van der Waals surface area contributed by atoms with Crippen LogP contribution in [0.25, 0.3) is 0 Å². The second kappa shape index (κ2) is 3.61. The molecule has 1 rings (SSSR count). The first-order valence-corrected chi connectivity index (χ1v) is 3.94. The van der Waals surface area contributed by atoms with E-state index in [0.29, 0.717) is 5.56 Å². The van der Waals surface area contributed by atoms with Crippen LogP contribution in [0.15, 0.2) is 30.3 Å². The maximum absolute atomic E-state index is 10.8. The monoisotopic (exact) mass is 241 g/mol. The van der Waals surface area contributed by atoms with Gasteiger partial charge in [0, 0.05) is 0 Å². The first kappa shape index (κ1) is 7.59. The van der Waals surface area contributed by atoms with Crippen molar-refractivity contribution < 1.29 is 7.87 Å². The molecule has 0 N–H and O–H groups in total. The summed E-state index contributed by atoms with van der Waals surface area (Å²) >= 11 is 0.779. The van der Waals surface area contributed by atoms with Gasteiger partial charge in [0.05, 0.1) is 0 Å². The summed E-state index contributed by atoms with van der Waals surface area (Å²) < 4.78 is 4.59. The van der Waals surface area contributed by atoms with Crippen LogP contribution >= 0.6 is 0 Å². The normalized spacial score (nSPS) is 8.90. The van der Waals surface area contributed by atoms with Gasteiger partial charge in [-0.3, -0.25) is 0 Å². The number of hydrogen-bond donors (Lipinski definition) is 0. The predicted octanol–water partition coefficient (Wildman–Crippen LogP) is 0.927. The molecule has 49 valence electrons. The molecular weight excluding hydrogens is 235 g/mol. The van der Waals surface area contributed by atoms with Gasteiger partial charge in [0.25, 0.3) is 0 Å². The minimum atomic E-state index is -0.251. The molecule has 0 unspecified atom stereocenters. The molecule has 1 aromatic carbocycles. The van der Waals surface area contributed by atoms with E-state index in [1.54, 1.807) is 12.1 Å². The number of carbonyl (C=O) groups is 1. The minimum absolute atomic E-state index is 0.251. The summed E-state index contributed by atoms with van der Waals surface area (Å²) in [6.07, 6.45) is 0. The van der Waals surface area contributed by atoms with E-state index in [2.05, 4.69) is 3.07 Å². The van der Waals surface area contributed by atoms with Crippen LogP contribution in [0.5, 0.6) is 0 Å². The van der Waals surface area contributed by atoms with E-state index in [9.17, 15) is 4.79 Å². The number of hydrogen-bond acceptors (Lipinski definition) is 2. The Kier molecular flexibility index (Phi) is 2.74. The molecule has 0 aliphatic heterocycles. The van der Waals surface area contributed by atoms with Crippen LogP contribution in [0.2, 0.25) is 0 Å². The van der Waals surface area contributed by atoms with Crippen LogP contribution in [-0.2, 0) is 3.07 Å². The maximum atomic E-state index is 10.8. The molecule has 0 bridgehead atoms. The molecule has 0 spiro atoms. The molecule has 0 amide bonds. The van der Waals surface area contributed by atoms with Crippen molar-refractivity contribution >= 4 is 28.9 Å². The number of rotatable bonds is 1. The molecule has 0 saturated carbocycles. The second-order valence-corrected chi connectivity index (χ2v) is 2.34. The topological polar surface area (TPSA) is 26.3 Å². The average molecular weight is 240 g/mol. The molecule has 0 heterocycles. The van der Waals surface area contributed by atoms with E-state index in [1.807, 2.05) is 18.2 Å². The zero-order valence-corrected chi connectivity index (χ0v) is 8.06. The van der Waals surface area contributed by atoms with E-state index >= 15 is 0 Å². The predicted molar refractivity (Wildman–Crippen MR) is 37.6 cm³/mol. The Morgan fingerprint density at radius 2 is 1.90 bits per heavy atom. The molecule has 2 nitrogen and oxygen atoms in total. The fourth-order valence-corrected chi connectivity index (χ4v) is 0.970. The van der Waals surface area contributed by atoms with Crippen molar-refractivity contribution in [3.63, 3.8) is 0 Å². The van der Waals surface area contributed by atoms with Gasteiger partial charge in [-0.25, -0.2) is 0 Å². The Morgan fingerprint density at radius 1 is 1.30 bits per heavy atom. The van der Waals surface area contributed by atoms with E-state index < -0.39 is 0 Å². The third-order valence-corrected chi connectivity index (χ3v) is 1.63. The van der Waals surface area contributed by atoms with Crippen molar-refractivity contribution in [2.45, 2.75) is 0 Å². The molecule has 0 saturated heterocycles. The van der Waals surface area contributed by atoms with Crippen LogP contribution < -0.4 is 0 Å². The van der Waals surface area contributed by atoms with E-state index in [0.717, 1.165) is 22.9 Å². The molecule has 0 aromatic heterocycles. The van der Waals surface area contributed by atoms with Gasteiger partial charge in [-0.15, -0.1) is 0 Å². The number of carbonyl (C=O) groups excluding carboxylic acids is 1. The Bertz CT molecular complexity index is 220. The molecule has 3 radical (unpaired) electrons. The standard InChI is InChI=1S/C7H6O2.Sn/c8-7(9)6-4-2-1-3-5-6;/h1-5H,(H,8,9);/q;+1/p-1. The van der Waals surface area contributed by atoms with E-state index in [-0.39, 0.29) is 5.97 Å². The van der Waals surface area contributed by atoms with Gasteiger partial charge in [-0.1, -0.05) is 0 Å². The third kappa shape index (κ3) is 1.73. The molecule has 0 aliphatic carbocycles. The summed E-state index contributed by atoms with van der Waals surface area (Å²) in [5, 5.41) is 0. The Balaban J connectivity index is 2.85. The Labute approximate surface area is 72.8 Å². The van der Waals surface area contributed by atoms with Crippen molar-refractivity contribution in [1.82, 2.24) is 0 Å². The second-order valence-electron chi connectivity index (χ2n) is 1.76. The van der Waals surface area contributed by atoms with Crippen LogP contribution in [0.3, 0.4) is 0 Å². The summed E-state index contributed by atoms with van der Waals surface area (Å²) in [4.78, 5) is 10.8.